The predicted molar refractivity (Wildman–Crippen MR) is 127 cm³/mol. The second-order valence-corrected chi connectivity index (χ2v) is 10.9. The van der Waals surface area contributed by atoms with Crippen molar-refractivity contribution in [3.63, 3.8) is 0 Å². The largest absolute Gasteiger partial charge is 0.293 e. The van der Waals surface area contributed by atoms with Crippen molar-refractivity contribution in [2.45, 2.75) is 35.7 Å². The molecule has 34 heavy (non-hydrogen) atoms. The summed E-state index contributed by atoms with van der Waals surface area (Å²) in [6.07, 6.45) is 0. The minimum absolute atomic E-state index is 0.0265. The van der Waals surface area contributed by atoms with Gasteiger partial charge in [-0.15, -0.1) is 0 Å². The van der Waals surface area contributed by atoms with Gasteiger partial charge in [-0.25, -0.2) is 28.5 Å². The molecule has 0 radical (unpaired) electrons. The minimum atomic E-state index is -3.76. The van der Waals surface area contributed by atoms with Crippen LogP contribution in [0.15, 0.2) is 58.3 Å². The Morgan fingerprint density at radius 1 is 0.676 bits per heavy atom. The van der Waals surface area contributed by atoms with E-state index in [1.807, 2.05) is 10.9 Å². The van der Waals surface area contributed by atoms with Crippen LogP contribution in [0.2, 0.25) is 10.0 Å². The molecule has 0 heterocycles. The first kappa shape index (κ1) is 29.7. The normalized spacial score (nSPS) is 13.1. The lowest BCUT2D eigenvalue weighted by atomic mass is 10.3. The third kappa shape index (κ3) is 9.15. The monoisotopic (exact) mass is 554 g/mol. The number of halogens is 2. The summed E-state index contributed by atoms with van der Waals surface area (Å²) in [4.78, 5) is 22.2. The van der Waals surface area contributed by atoms with Crippen molar-refractivity contribution in [1.29, 1.82) is 0 Å². The summed E-state index contributed by atoms with van der Waals surface area (Å²) in [5, 5.41) is 0.855. The third-order valence-electron chi connectivity index (χ3n) is 3.98. The molecule has 0 saturated carbocycles. The van der Waals surface area contributed by atoms with Gasteiger partial charge in [0.1, 0.15) is 0 Å². The predicted octanol–water partition coefficient (Wildman–Crippen LogP) is -0.00660. The zero-order chi connectivity index (χ0) is 26.1. The lowest BCUT2D eigenvalue weighted by Crippen LogP contribution is -2.47. The number of carbonyl (C=O) groups excluding carboxylic acids is 2. The highest BCUT2D eigenvalue weighted by Gasteiger charge is 2.22. The van der Waals surface area contributed by atoms with Gasteiger partial charge in [0.2, 0.25) is 20.0 Å². The first-order chi connectivity index (χ1) is 15.7. The Bertz CT molecular complexity index is 1100. The summed E-state index contributed by atoms with van der Waals surface area (Å²) >= 11 is 11.3. The molecule has 8 N–H and O–H groups in total. The molecule has 12 nitrogen and oxygen atoms in total. The molecular weight excluding hydrogens is 531 g/mol. The van der Waals surface area contributed by atoms with Crippen molar-refractivity contribution < 1.29 is 26.4 Å². The van der Waals surface area contributed by atoms with E-state index in [9.17, 15) is 26.4 Å². The van der Waals surface area contributed by atoms with E-state index in [1.165, 1.54) is 62.4 Å². The highest BCUT2D eigenvalue weighted by molar-refractivity contribution is 7.89. The van der Waals surface area contributed by atoms with E-state index in [-0.39, 0.29) is 9.79 Å². The molecule has 0 aromatic heterocycles. The molecule has 0 aliphatic heterocycles. The fraction of sp³-hybridized carbons (Fsp3) is 0.222. The summed E-state index contributed by atoms with van der Waals surface area (Å²) in [6.45, 7) is 2.77. The molecule has 0 aliphatic carbocycles. The van der Waals surface area contributed by atoms with E-state index in [2.05, 4.69) is 9.44 Å². The molecule has 0 bridgehead atoms. The van der Waals surface area contributed by atoms with Crippen LogP contribution in [0.4, 0.5) is 0 Å². The fourth-order valence-electron chi connectivity index (χ4n) is 2.19. The second-order valence-electron chi connectivity index (χ2n) is 6.61. The highest BCUT2D eigenvalue weighted by atomic mass is 35.5. The zero-order valence-corrected chi connectivity index (χ0v) is 21.1. The first-order valence-electron chi connectivity index (χ1n) is 9.30. The van der Waals surface area contributed by atoms with Gasteiger partial charge in [-0.05, 0) is 62.4 Å². The number of nitrogens with one attached hydrogen (secondary N) is 4. The molecule has 2 atom stereocenters. The van der Waals surface area contributed by atoms with Crippen molar-refractivity contribution in [3.05, 3.63) is 58.6 Å². The maximum atomic E-state index is 11.8. The van der Waals surface area contributed by atoms with Crippen LogP contribution in [-0.2, 0) is 29.6 Å². The number of hydrogen-bond acceptors (Lipinski definition) is 8. The Balaban J connectivity index is 0.000000340. The molecule has 2 amide bonds. The molecule has 0 saturated heterocycles. The van der Waals surface area contributed by atoms with Crippen molar-refractivity contribution in [2.75, 3.05) is 0 Å². The van der Waals surface area contributed by atoms with Gasteiger partial charge in [-0.1, -0.05) is 23.2 Å². The van der Waals surface area contributed by atoms with Crippen LogP contribution in [0.5, 0.6) is 0 Å². The van der Waals surface area contributed by atoms with E-state index in [0.29, 0.717) is 10.0 Å². The van der Waals surface area contributed by atoms with Gasteiger partial charge in [0.25, 0.3) is 11.8 Å². The molecule has 0 spiro atoms. The summed E-state index contributed by atoms with van der Waals surface area (Å²) in [7, 11) is -7.51. The Morgan fingerprint density at radius 3 is 1.18 bits per heavy atom. The molecule has 188 valence electrons. The lowest BCUT2D eigenvalue weighted by molar-refractivity contribution is -0.123. The molecule has 2 aromatic rings. The summed E-state index contributed by atoms with van der Waals surface area (Å²) in [5.41, 5.74) is 3.72. The number of hydrazine groups is 2. The van der Waals surface area contributed by atoms with Crippen molar-refractivity contribution in [3.8, 4) is 0 Å². The van der Waals surface area contributed by atoms with Crippen LogP contribution in [0, 0.1) is 0 Å². The maximum absolute atomic E-state index is 11.8. The standard InChI is InChI=1S/2C9H12ClN3O3S/c2*1-6(9(14)12-11)13-17(15,16)8-4-2-7(10)3-5-8/h2*2-6,13H,11H2,1H3,(H,12,14)/t2*6-/m00/s1. The second kappa shape index (κ2) is 13.0. The number of benzene rings is 2. The highest BCUT2D eigenvalue weighted by Crippen LogP contribution is 2.15. The number of rotatable bonds is 8. The van der Waals surface area contributed by atoms with Crippen molar-refractivity contribution in [2.24, 2.45) is 11.7 Å². The lowest BCUT2D eigenvalue weighted by Gasteiger charge is -2.12. The Morgan fingerprint density at radius 2 is 0.941 bits per heavy atom. The van der Waals surface area contributed by atoms with Crippen molar-refractivity contribution >= 4 is 55.1 Å². The van der Waals surface area contributed by atoms with E-state index >= 15 is 0 Å². The molecule has 0 unspecified atom stereocenters. The minimum Gasteiger partial charge on any atom is -0.293 e. The molecule has 0 aliphatic rings. The molecule has 0 fully saturated rings. The van der Waals surface area contributed by atoms with E-state index < -0.39 is 43.9 Å². The topological polar surface area (TPSA) is 203 Å². The molecule has 2 rings (SSSR count). The van der Waals surface area contributed by atoms with Crippen molar-refractivity contribution in [1.82, 2.24) is 20.3 Å². The van der Waals surface area contributed by atoms with Gasteiger partial charge in [0.05, 0.1) is 21.9 Å². The molecule has 2 aromatic carbocycles. The van der Waals surface area contributed by atoms with Crippen LogP contribution in [0.3, 0.4) is 0 Å². The van der Waals surface area contributed by atoms with E-state index in [0.717, 1.165) is 0 Å². The number of nitrogens with two attached hydrogens (primary N) is 2. The Kier molecular flexibility index (Phi) is 11.3. The van der Waals surface area contributed by atoms with E-state index in [4.69, 9.17) is 34.9 Å². The summed E-state index contributed by atoms with van der Waals surface area (Å²) in [6, 6.07) is 9.26. The average molecular weight is 555 g/mol. The molecular formula is C18H24Cl2N6O6S2. The number of amides is 2. The zero-order valence-electron chi connectivity index (χ0n) is 18.0. The van der Waals surface area contributed by atoms with Gasteiger partial charge in [0.15, 0.2) is 0 Å². The first-order valence-corrected chi connectivity index (χ1v) is 13.0. The quantitative estimate of drug-likeness (QED) is 0.148. The van der Waals surface area contributed by atoms with Gasteiger partial charge < -0.3 is 0 Å². The van der Waals surface area contributed by atoms with Crippen LogP contribution in [0.1, 0.15) is 13.8 Å². The Labute approximate surface area is 207 Å². The number of sulfonamides is 2. The molecule has 16 heteroatoms. The number of carbonyl (C=O) groups is 2. The van der Waals surface area contributed by atoms with Crippen LogP contribution in [-0.4, -0.2) is 40.7 Å². The van der Waals surface area contributed by atoms with Crippen LogP contribution >= 0.6 is 23.2 Å². The van der Waals surface area contributed by atoms with Gasteiger partial charge in [-0.3, -0.25) is 20.4 Å². The maximum Gasteiger partial charge on any atom is 0.251 e. The SMILES string of the molecule is C[C@H](NS(=O)(=O)c1ccc(Cl)cc1)C(=O)NN.C[C@H](NS(=O)(=O)c1ccc(Cl)cc1)C(=O)NN. The summed E-state index contributed by atoms with van der Waals surface area (Å²) < 4.78 is 51.6. The van der Waals surface area contributed by atoms with Gasteiger partial charge in [-0.2, -0.15) is 9.44 Å². The smallest absolute Gasteiger partial charge is 0.251 e. The van der Waals surface area contributed by atoms with Crippen LogP contribution in [0.25, 0.3) is 0 Å². The average Bonchev–Trinajstić information content (AvgIpc) is 2.78. The number of hydrogen-bond donors (Lipinski definition) is 6. The third-order valence-corrected chi connectivity index (χ3v) is 7.60. The van der Waals surface area contributed by atoms with Crippen LogP contribution < -0.4 is 32.0 Å². The van der Waals surface area contributed by atoms with Gasteiger partial charge >= 0.3 is 0 Å². The van der Waals surface area contributed by atoms with Gasteiger partial charge in [0, 0.05) is 10.0 Å². The Hall–Kier alpha value is -2.30. The fourth-order valence-corrected chi connectivity index (χ4v) is 4.84. The van der Waals surface area contributed by atoms with E-state index in [1.54, 1.807) is 0 Å². The summed E-state index contributed by atoms with van der Waals surface area (Å²) in [5.74, 6) is 8.55.